The molecular weight excluding hydrogens is 186 g/mol. The third-order valence-electron chi connectivity index (χ3n) is 3.96. The molecule has 1 aromatic rings. The second kappa shape index (κ2) is 2.69. The van der Waals surface area contributed by atoms with E-state index in [1.54, 1.807) is 0 Å². The van der Waals surface area contributed by atoms with Gasteiger partial charge in [0.1, 0.15) is 11.4 Å². The zero-order chi connectivity index (χ0) is 11.4. The summed E-state index contributed by atoms with van der Waals surface area (Å²) in [6, 6.07) is 3.90. The Morgan fingerprint density at radius 3 is 2.33 bits per heavy atom. The Bertz CT molecular complexity index is 419. The van der Waals surface area contributed by atoms with Crippen LogP contribution in [0.2, 0.25) is 0 Å². The van der Waals surface area contributed by atoms with E-state index in [1.807, 2.05) is 12.1 Å². The van der Waals surface area contributed by atoms with Crippen molar-refractivity contribution in [3.05, 3.63) is 23.3 Å². The molecule has 1 aliphatic rings. The third-order valence-corrected chi connectivity index (χ3v) is 3.96. The molecular formula is C13H19NO. The predicted octanol–water partition coefficient (Wildman–Crippen LogP) is 3.03. The first-order chi connectivity index (χ1) is 6.77. The summed E-state index contributed by atoms with van der Waals surface area (Å²) in [5.41, 5.74) is 9.04. The van der Waals surface area contributed by atoms with Gasteiger partial charge in [-0.25, -0.2) is 0 Å². The highest BCUT2D eigenvalue weighted by Crippen LogP contribution is 2.50. The summed E-state index contributed by atoms with van der Waals surface area (Å²) in [5.74, 6) is 0.983. The van der Waals surface area contributed by atoms with Crippen LogP contribution in [-0.2, 0) is 5.41 Å². The fourth-order valence-corrected chi connectivity index (χ4v) is 2.27. The largest absolute Gasteiger partial charge is 0.487 e. The van der Waals surface area contributed by atoms with Gasteiger partial charge >= 0.3 is 0 Å². The fraction of sp³-hybridized carbons (Fsp3) is 0.538. The van der Waals surface area contributed by atoms with E-state index in [0.29, 0.717) is 0 Å². The lowest BCUT2D eigenvalue weighted by Gasteiger charge is -2.34. The maximum atomic E-state index is 5.99. The van der Waals surface area contributed by atoms with E-state index in [9.17, 15) is 0 Å². The average Bonchev–Trinajstić information content (AvgIpc) is 2.27. The third kappa shape index (κ3) is 1.17. The summed E-state index contributed by atoms with van der Waals surface area (Å²) in [4.78, 5) is 0. The average molecular weight is 205 g/mol. The van der Waals surface area contributed by atoms with Crippen molar-refractivity contribution in [1.29, 1.82) is 0 Å². The number of ether oxygens (including phenoxy) is 1. The molecule has 0 aromatic heterocycles. The molecule has 2 heteroatoms. The molecule has 15 heavy (non-hydrogen) atoms. The molecule has 1 aromatic carbocycles. The lowest BCUT2D eigenvalue weighted by atomic mass is 9.72. The first-order valence-corrected chi connectivity index (χ1v) is 5.36. The quantitative estimate of drug-likeness (QED) is 0.661. The lowest BCUT2D eigenvalue weighted by Crippen LogP contribution is -2.42. The Labute approximate surface area is 91.4 Å². The van der Waals surface area contributed by atoms with Crippen LogP contribution in [0.25, 0.3) is 0 Å². The monoisotopic (exact) mass is 205 g/mol. The van der Waals surface area contributed by atoms with Crippen molar-refractivity contribution < 1.29 is 4.74 Å². The van der Waals surface area contributed by atoms with Crippen molar-refractivity contribution in [2.24, 2.45) is 0 Å². The Kier molecular flexibility index (Phi) is 1.85. The molecule has 2 N–H and O–H groups in total. The maximum absolute atomic E-state index is 5.99. The predicted molar refractivity (Wildman–Crippen MR) is 63.3 cm³/mol. The Balaban J connectivity index is 2.72. The highest BCUT2D eigenvalue weighted by molar-refractivity contribution is 5.61. The van der Waals surface area contributed by atoms with E-state index in [0.717, 1.165) is 17.0 Å². The molecule has 0 bridgehead atoms. The minimum Gasteiger partial charge on any atom is -0.487 e. The van der Waals surface area contributed by atoms with E-state index in [2.05, 4.69) is 34.6 Å². The summed E-state index contributed by atoms with van der Waals surface area (Å²) in [5, 5.41) is 0. The minimum atomic E-state index is -0.173. The molecule has 0 radical (unpaired) electrons. The summed E-state index contributed by atoms with van der Waals surface area (Å²) in [6.45, 7) is 10.8. The van der Waals surface area contributed by atoms with Crippen LogP contribution < -0.4 is 10.5 Å². The Morgan fingerprint density at radius 2 is 1.73 bits per heavy atom. The summed E-state index contributed by atoms with van der Waals surface area (Å²) in [6.07, 6.45) is 0. The molecule has 82 valence electrons. The van der Waals surface area contributed by atoms with Gasteiger partial charge in [0.25, 0.3) is 0 Å². The highest BCUT2D eigenvalue weighted by Gasteiger charge is 2.48. The zero-order valence-corrected chi connectivity index (χ0v) is 10.1. The van der Waals surface area contributed by atoms with Crippen LogP contribution in [0.4, 0.5) is 5.69 Å². The second-order valence-electron chi connectivity index (χ2n) is 5.39. The van der Waals surface area contributed by atoms with E-state index in [-0.39, 0.29) is 11.0 Å². The van der Waals surface area contributed by atoms with Gasteiger partial charge in [0.05, 0.1) is 0 Å². The van der Waals surface area contributed by atoms with Crippen LogP contribution in [0.5, 0.6) is 5.75 Å². The molecule has 0 saturated heterocycles. The highest BCUT2D eigenvalue weighted by atomic mass is 16.5. The van der Waals surface area contributed by atoms with Gasteiger partial charge in [-0.05, 0) is 38.5 Å². The molecule has 1 aliphatic heterocycles. The van der Waals surface area contributed by atoms with Gasteiger partial charge in [-0.1, -0.05) is 13.8 Å². The molecule has 1 heterocycles. The Morgan fingerprint density at radius 1 is 1.13 bits per heavy atom. The first kappa shape index (κ1) is 10.3. The summed E-state index contributed by atoms with van der Waals surface area (Å²) >= 11 is 0. The Hall–Kier alpha value is -1.18. The van der Waals surface area contributed by atoms with Gasteiger partial charge in [-0.3, -0.25) is 0 Å². The number of hydrogen-bond acceptors (Lipinski definition) is 2. The minimum absolute atomic E-state index is 0.00178. The van der Waals surface area contributed by atoms with Crippen molar-refractivity contribution in [2.45, 2.75) is 45.6 Å². The topological polar surface area (TPSA) is 35.2 Å². The van der Waals surface area contributed by atoms with Crippen LogP contribution in [0.3, 0.4) is 0 Å². The van der Waals surface area contributed by atoms with Gasteiger partial charge < -0.3 is 10.5 Å². The SMILES string of the molecule is Cc1c(N)ccc2c1C(C)(C)C(C)(C)O2. The van der Waals surface area contributed by atoms with Crippen molar-refractivity contribution >= 4 is 5.69 Å². The maximum Gasteiger partial charge on any atom is 0.124 e. The molecule has 0 aliphatic carbocycles. The summed E-state index contributed by atoms with van der Waals surface area (Å²) in [7, 11) is 0. The number of rotatable bonds is 0. The van der Waals surface area contributed by atoms with Gasteiger partial charge in [0.2, 0.25) is 0 Å². The molecule has 0 spiro atoms. The standard InChI is InChI=1S/C13H19NO/c1-8-9(14)6-7-10-11(8)12(2,3)13(4,5)15-10/h6-7H,14H2,1-5H3. The number of benzene rings is 1. The molecule has 0 amide bonds. The van der Waals surface area contributed by atoms with Crippen molar-refractivity contribution in [3.8, 4) is 5.75 Å². The molecule has 0 atom stereocenters. The zero-order valence-electron chi connectivity index (χ0n) is 10.1. The molecule has 0 fully saturated rings. The van der Waals surface area contributed by atoms with E-state index < -0.39 is 0 Å². The van der Waals surface area contributed by atoms with Crippen LogP contribution in [0.15, 0.2) is 12.1 Å². The molecule has 0 saturated carbocycles. The van der Waals surface area contributed by atoms with Gasteiger partial charge in [0, 0.05) is 16.7 Å². The van der Waals surface area contributed by atoms with Crippen LogP contribution in [-0.4, -0.2) is 5.60 Å². The van der Waals surface area contributed by atoms with E-state index in [1.165, 1.54) is 5.56 Å². The van der Waals surface area contributed by atoms with Crippen molar-refractivity contribution in [1.82, 2.24) is 0 Å². The number of anilines is 1. The molecule has 2 nitrogen and oxygen atoms in total. The van der Waals surface area contributed by atoms with Gasteiger partial charge in [-0.15, -0.1) is 0 Å². The molecule has 0 unspecified atom stereocenters. The smallest absolute Gasteiger partial charge is 0.124 e. The summed E-state index contributed by atoms with van der Waals surface area (Å²) < 4.78 is 5.99. The number of fused-ring (bicyclic) bond motifs is 1. The van der Waals surface area contributed by atoms with Crippen LogP contribution in [0.1, 0.15) is 38.8 Å². The van der Waals surface area contributed by atoms with Crippen LogP contribution >= 0.6 is 0 Å². The molecule has 2 rings (SSSR count). The van der Waals surface area contributed by atoms with E-state index >= 15 is 0 Å². The van der Waals surface area contributed by atoms with Gasteiger partial charge in [-0.2, -0.15) is 0 Å². The second-order valence-corrected chi connectivity index (χ2v) is 5.39. The number of nitrogen functional groups attached to an aromatic ring is 1. The fourth-order valence-electron chi connectivity index (χ4n) is 2.27. The number of hydrogen-bond donors (Lipinski definition) is 1. The lowest BCUT2D eigenvalue weighted by molar-refractivity contribution is 0.0711. The van der Waals surface area contributed by atoms with Crippen molar-refractivity contribution in [3.63, 3.8) is 0 Å². The normalized spacial score (nSPS) is 20.9. The van der Waals surface area contributed by atoms with Gasteiger partial charge in [0.15, 0.2) is 0 Å². The van der Waals surface area contributed by atoms with Crippen molar-refractivity contribution in [2.75, 3.05) is 5.73 Å². The van der Waals surface area contributed by atoms with E-state index in [4.69, 9.17) is 10.5 Å². The number of nitrogens with two attached hydrogens (primary N) is 1. The van der Waals surface area contributed by atoms with Crippen LogP contribution in [0, 0.1) is 6.92 Å². The first-order valence-electron chi connectivity index (χ1n) is 5.36.